The normalized spacial score (nSPS) is 13.3. The number of carboxylic acid groups (broad SMARTS) is 4. The Kier molecular flexibility index (Phi) is 17.1. The van der Waals surface area contributed by atoms with Crippen molar-refractivity contribution >= 4 is 69.1 Å². The molecule has 0 bridgehead atoms. The van der Waals surface area contributed by atoms with Crippen LogP contribution in [0.3, 0.4) is 0 Å². The fourth-order valence-electron chi connectivity index (χ4n) is 4.61. The number of carbonyl (C=O) groups is 8. The van der Waals surface area contributed by atoms with Crippen molar-refractivity contribution in [3.05, 3.63) is 70.8 Å². The van der Waals surface area contributed by atoms with E-state index in [-0.39, 0.29) is 35.5 Å². The molecule has 0 aliphatic heterocycles. The Bertz CT molecular complexity index is 1530. The molecule has 0 spiro atoms. The average molecular weight is 763 g/mol. The van der Waals surface area contributed by atoms with Gasteiger partial charge in [0.25, 0.3) is 11.8 Å². The van der Waals surface area contributed by atoms with Gasteiger partial charge < -0.3 is 41.7 Å². The first-order valence-electron chi connectivity index (χ1n) is 15.9. The van der Waals surface area contributed by atoms with E-state index >= 15 is 0 Å². The van der Waals surface area contributed by atoms with Gasteiger partial charge in [0.15, 0.2) is 0 Å². The molecule has 0 saturated heterocycles. The monoisotopic (exact) mass is 762 g/mol. The topological polar surface area (TPSA) is 266 Å². The summed E-state index contributed by atoms with van der Waals surface area (Å²) in [5.74, 6) is -9.30. The van der Waals surface area contributed by atoms with Gasteiger partial charge in [-0.3, -0.25) is 28.8 Å². The molecule has 0 aliphatic carbocycles. The second-order valence-electron chi connectivity index (χ2n) is 12.3. The Balaban J connectivity index is 2.29. The Hall–Kier alpha value is -5.10. The van der Waals surface area contributed by atoms with Gasteiger partial charge in [0.05, 0.1) is 12.8 Å². The molecule has 2 aromatic rings. The molecule has 0 aromatic heterocycles. The van der Waals surface area contributed by atoms with Crippen molar-refractivity contribution in [3.63, 3.8) is 0 Å². The van der Waals surface area contributed by atoms with E-state index in [2.05, 4.69) is 21.3 Å². The van der Waals surface area contributed by atoms with Crippen LogP contribution in [-0.2, 0) is 41.6 Å². The van der Waals surface area contributed by atoms with Gasteiger partial charge in [0.2, 0.25) is 11.8 Å². The van der Waals surface area contributed by atoms with Crippen molar-refractivity contribution in [1.29, 1.82) is 0 Å². The minimum atomic E-state index is -1.31. The maximum atomic E-state index is 13.3. The van der Waals surface area contributed by atoms with E-state index in [1.54, 1.807) is 27.7 Å². The van der Waals surface area contributed by atoms with E-state index in [1.807, 2.05) is 0 Å². The van der Waals surface area contributed by atoms with E-state index in [4.69, 9.17) is 10.2 Å². The predicted molar refractivity (Wildman–Crippen MR) is 192 cm³/mol. The molecule has 0 fully saturated rings. The molecular formula is C34H42N4O12S2. The van der Waals surface area contributed by atoms with Crippen LogP contribution in [0.25, 0.3) is 0 Å². The molecule has 0 aliphatic rings. The van der Waals surface area contributed by atoms with E-state index in [0.717, 1.165) is 21.6 Å². The van der Waals surface area contributed by atoms with Crippen LogP contribution in [0.15, 0.2) is 48.5 Å². The number of hydrogen-bond acceptors (Lipinski definition) is 10. The first kappa shape index (κ1) is 43.1. The van der Waals surface area contributed by atoms with E-state index in [9.17, 15) is 48.6 Å². The Labute approximate surface area is 307 Å². The summed E-state index contributed by atoms with van der Waals surface area (Å²) in [6, 6.07) is 6.29. The summed E-state index contributed by atoms with van der Waals surface area (Å²) in [5, 5.41) is 47.4. The fourth-order valence-corrected chi connectivity index (χ4v) is 6.94. The van der Waals surface area contributed by atoms with Crippen LogP contribution in [0.4, 0.5) is 0 Å². The van der Waals surface area contributed by atoms with Crippen molar-refractivity contribution < 1.29 is 58.8 Å². The van der Waals surface area contributed by atoms with Gasteiger partial charge in [0.1, 0.15) is 24.2 Å². The Morgan fingerprint density at radius 1 is 0.558 bits per heavy atom. The van der Waals surface area contributed by atoms with Crippen LogP contribution in [0, 0.1) is 11.8 Å². The number of aliphatic carboxylic acids is 4. The van der Waals surface area contributed by atoms with Gasteiger partial charge >= 0.3 is 23.9 Å². The third kappa shape index (κ3) is 14.3. The van der Waals surface area contributed by atoms with Gasteiger partial charge in [0, 0.05) is 22.6 Å². The third-order valence-electron chi connectivity index (χ3n) is 7.35. The maximum absolute atomic E-state index is 13.3. The number of nitrogens with one attached hydrogen (secondary N) is 4. The quantitative estimate of drug-likeness (QED) is 0.0665. The summed E-state index contributed by atoms with van der Waals surface area (Å²) in [7, 11) is 1.99. The fraction of sp³-hybridized carbons (Fsp3) is 0.412. The molecule has 52 heavy (non-hydrogen) atoms. The van der Waals surface area contributed by atoms with Gasteiger partial charge in [-0.2, -0.15) is 0 Å². The molecule has 282 valence electrons. The zero-order valence-electron chi connectivity index (χ0n) is 28.8. The zero-order chi connectivity index (χ0) is 39.1. The lowest BCUT2D eigenvalue weighted by molar-refractivity contribution is -0.143. The van der Waals surface area contributed by atoms with E-state index in [0.29, 0.717) is 11.1 Å². The molecular weight excluding hydrogens is 721 g/mol. The largest absolute Gasteiger partial charge is 0.481 e. The lowest BCUT2D eigenvalue weighted by Gasteiger charge is -2.24. The summed E-state index contributed by atoms with van der Waals surface area (Å²) in [4.78, 5) is 98.9. The summed E-state index contributed by atoms with van der Waals surface area (Å²) in [6.45, 7) is 6.34. The van der Waals surface area contributed by atoms with Gasteiger partial charge in [-0.05, 0) is 47.2 Å². The van der Waals surface area contributed by atoms with Crippen molar-refractivity contribution in [3.8, 4) is 0 Å². The van der Waals surface area contributed by atoms with Crippen LogP contribution in [0.2, 0.25) is 0 Å². The highest BCUT2D eigenvalue weighted by atomic mass is 33.1. The molecule has 0 saturated carbocycles. The van der Waals surface area contributed by atoms with Crippen LogP contribution in [0.5, 0.6) is 0 Å². The highest BCUT2D eigenvalue weighted by Gasteiger charge is 2.31. The van der Waals surface area contributed by atoms with Crippen molar-refractivity contribution in [2.24, 2.45) is 11.8 Å². The van der Waals surface area contributed by atoms with E-state index < -0.39 is 83.5 Å². The zero-order valence-corrected chi connectivity index (χ0v) is 30.4. The highest BCUT2D eigenvalue weighted by Crippen LogP contribution is 2.24. The lowest BCUT2D eigenvalue weighted by Crippen LogP contribution is -2.54. The van der Waals surface area contributed by atoms with Gasteiger partial charge in [-0.15, -0.1) is 0 Å². The molecule has 0 heterocycles. The smallest absolute Gasteiger partial charge is 0.326 e. The number of rotatable bonds is 21. The molecule has 8 N–H and O–H groups in total. The SMILES string of the molecule is CC(C)[C@@H](NC(=O)[C@H](CSSC[C@H](NC(=O)c1cccc(CC(=O)O)c1)C(=O)N[C@@H](C(=O)O)C(C)C)NC(=O)c1cccc(CC(=O)O)c1)C(=O)O. The van der Waals surface area contributed by atoms with Crippen molar-refractivity contribution in [1.82, 2.24) is 21.3 Å². The highest BCUT2D eigenvalue weighted by molar-refractivity contribution is 8.76. The second-order valence-corrected chi connectivity index (χ2v) is 14.9. The van der Waals surface area contributed by atoms with Crippen molar-refractivity contribution in [2.75, 3.05) is 11.5 Å². The number of amides is 4. The molecule has 2 rings (SSSR count). The predicted octanol–water partition coefficient (Wildman–Crippen LogP) is 1.67. The first-order valence-corrected chi connectivity index (χ1v) is 18.4. The van der Waals surface area contributed by atoms with E-state index in [1.165, 1.54) is 48.5 Å². The molecule has 16 nitrogen and oxygen atoms in total. The number of carboxylic acids is 4. The van der Waals surface area contributed by atoms with Gasteiger partial charge in [-0.25, -0.2) is 9.59 Å². The number of benzene rings is 2. The van der Waals surface area contributed by atoms with Crippen LogP contribution in [0.1, 0.15) is 59.5 Å². The summed E-state index contributed by atoms with van der Waals surface area (Å²) >= 11 is 0. The Morgan fingerprint density at radius 2 is 0.904 bits per heavy atom. The van der Waals surface area contributed by atoms with Crippen molar-refractivity contribution in [2.45, 2.75) is 64.7 Å². The molecule has 4 atom stereocenters. The molecule has 0 unspecified atom stereocenters. The second kappa shape index (κ2) is 20.7. The molecule has 2 aromatic carbocycles. The molecule has 18 heteroatoms. The first-order chi connectivity index (χ1) is 24.4. The standard InChI is InChI=1S/C34H42N4O12S2/c1-17(2)27(33(47)48)37-31(45)23(35-29(43)21-9-5-7-19(11-21)13-25(39)40)15-51-52-16-24(32(46)38-28(18(3)4)34(49)50)36-30(44)22-10-6-8-20(12-22)14-26(41)42/h5-12,17-18,23-24,27-28H,13-16H2,1-4H3,(H,35,43)(H,36,44)(H,37,45)(H,38,46)(H,39,40)(H,41,42)(H,47,48)(H,49,50)/t23-,24-,27+,28+/m0/s1. The summed E-state index contributed by atoms with van der Waals surface area (Å²) in [6.07, 6.45) is -0.703. The summed E-state index contributed by atoms with van der Waals surface area (Å²) in [5.41, 5.74) is 0.773. The average Bonchev–Trinajstić information content (AvgIpc) is 3.05. The van der Waals surface area contributed by atoms with Crippen LogP contribution < -0.4 is 21.3 Å². The lowest BCUT2D eigenvalue weighted by atomic mass is 10.0. The van der Waals surface area contributed by atoms with Gasteiger partial charge in [-0.1, -0.05) is 73.5 Å². The Morgan fingerprint density at radius 3 is 1.19 bits per heavy atom. The summed E-state index contributed by atoms with van der Waals surface area (Å²) < 4.78 is 0. The number of carbonyl (C=O) groups excluding carboxylic acids is 4. The number of hydrogen-bond donors (Lipinski definition) is 8. The third-order valence-corrected chi connectivity index (χ3v) is 9.77. The minimum Gasteiger partial charge on any atom is -0.481 e. The van der Waals surface area contributed by atoms with Crippen LogP contribution in [-0.4, -0.2) is 104 Å². The molecule has 0 radical (unpaired) electrons. The van der Waals surface area contributed by atoms with Crippen LogP contribution >= 0.6 is 21.6 Å². The minimum absolute atomic E-state index is 0.0536. The molecule has 4 amide bonds. The maximum Gasteiger partial charge on any atom is 0.326 e.